The number of nitrogens with two attached hydrogens (primary N) is 1. The summed E-state index contributed by atoms with van der Waals surface area (Å²) in [4.78, 5) is 11.7. The second-order valence-corrected chi connectivity index (χ2v) is 6.92. The number of aliphatic imine (C=N–C) groups is 1. The van der Waals surface area contributed by atoms with Crippen molar-refractivity contribution in [2.45, 2.75) is 12.5 Å². The lowest BCUT2D eigenvalue weighted by molar-refractivity contribution is 0.0673. The molecular weight excluding hydrogens is 314 g/mol. The van der Waals surface area contributed by atoms with E-state index in [1.807, 2.05) is 0 Å². The van der Waals surface area contributed by atoms with Crippen molar-refractivity contribution in [2.24, 2.45) is 10.7 Å². The van der Waals surface area contributed by atoms with Gasteiger partial charge in [-0.3, -0.25) is 9.89 Å². The Hall–Kier alpha value is -1.63. The van der Waals surface area contributed by atoms with Crippen LogP contribution in [0, 0.1) is 0 Å². The average molecular weight is 345 g/mol. The molecule has 3 rings (SSSR count). The summed E-state index contributed by atoms with van der Waals surface area (Å²) in [6.07, 6.45) is 1.04. The van der Waals surface area contributed by atoms with Gasteiger partial charge in [0.2, 0.25) is 0 Å². The van der Waals surface area contributed by atoms with E-state index in [0.717, 1.165) is 65.4 Å². The molecule has 0 aliphatic carbocycles. The van der Waals surface area contributed by atoms with Crippen LogP contribution in [0.25, 0.3) is 0 Å². The Bertz CT molecular complexity index is 544. The molecule has 0 amide bonds. The highest BCUT2D eigenvalue weighted by Crippen LogP contribution is 2.24. The zero-order chi connectivity index (χ0) is 17.5. The quantitative estimate of drug-likeness (QED) is 0.490. The van der Waals surface area contributed by atoms with Gasteiger partial charge in [0, 0.05) is 51.9 Å². The Morgan fingerprint density at radius 1 is 1.16 bits per heavy atom. The van der Waals surface area contributed by atoms with Gasteiger partial charge in [-0.2, -0.15) is 0 Å². The number of benzene rings is 1. The Labute approximate surface area is 151 Å². The van der Waals surface area contributed by atoms with E-state index >= 15 is 0 Å². The summed E-state index contributed by atoms with van der Waals surface area (Å²) in [5, 5.41) is 0. The molecule has 25 heavy (non-hydrogen) atoms. The Kier molecular flexibility index (Phi) is 6.67. The van der Waals surface area contributed by atoms with Crippen LogP contribution in [0.5, 0.6) is 0 Å². The minimum absolute atomic E-state index is 0.473. The number of morpholine rings is 1. The van der Waals surface area contributed by atoms with Crippen LogP contribution in [0.1, 0.15) is 18.0 Å². The number of guanidine groups is 1. The fraction of sp³-hybridized carbons (Fsp3) is 0.632. The normalized spacial score (nSPS) is 23.8. The van der Waals surface area contributed by atoms with Crippen molar-refractivity contribution in [3.05, 3.63) is 35.9 Å². The number of piperazine rings is 1. The number of hydrogen-bond acceptors (Lipinski definition) is 4. The number of likely N-dealkylation sites (N-methyl/N-ethyl adjacent to an activating group) is 1. The van der Waals surface area contributed by atoms with Crippen molar-refractivity contribution < 1.29 is 4.74 Å². The summed E-state index contributed by atoms with van der Waals surface area (Å²) < 4.78 is 5.35. The lowest BCUT2D eigenvalue weighted by Gasteiger charge is -2.40. The molecule has 2 aliphatic rings. The zero-order valence-electron chi connectivity index (χ0n) is 15.3. The lowest BCUT2D eigenvalue weighted by Crippen LogP contribution is -2.47. The first kappa shape index (κ1) is 18.2. The van der Waals surface area contributed by atoms with Gasteiger partial charge in [-0.25, -0.2) is 0 Å². The smallest absolute Gasteiger partial charge is 0.191 e. The van der Waals surface area contributed by atoms with Gasteiger partial charge < -0.3 is 20.3 Å². The minimum atomic E-state index is 0.473. The predicted octanol–water partition coefficient (Wildman–Crippen LogP) is 1.01. The molecule has 2 fully saturated rings. The summed E-state index contributed by atoms with van der Waals surface area (Å²) in [7, 11) is 2.21. The molecule has 1 atom stereocenters. The van der Waals surface area contributed by atoms with Crippen molar-refractivity contribution in [1.82, 2.24) is 14.7 Å². The number of ether oxygens (including phenoxy) is 1. The third-order valence-electron chi connectivity index (χ3n) is 5.09. The van der Waals surface area contributed by atoms with E-state index in [9.17, 15) is 0 Å². The lowest BCUT2D eigenvalue weighted by atomic mass is 10.0. The monoisotopic (exact) mass is 345 g/mol. The maximum atomic E-state index is 6.10. The van der Waals surface area contributed by atoms with Crippen LogP contribution in [-0.4, -0.2) is 86.7 Å². The summed E-state index contributed by atoms with van der Waals surface area (Å²) in [6.45, 7) is 8.37. The summed E-state index contributed by atoms with van der Waals surface area (Å²) in [5.74, 6) is 0.668. The van der Waals surface area contributed by atoms with Gasteiger partial charge >= 0.3 is 0 Å². The van der Waals surface area contributed by atoms with Crippen LogP contribution < -0.4 is 5.73 Å². The molecule has 2 aliphatic heterocycles. The van der Waals surface area contributed by atoms with Gasteiger partial charge in [-0.05, 0) is 19.0 Å². The highest BCUT2D eigenvalue weighted by Gasteiger charge is 2.25. The number of hydrogen-bond donors (Lipinski definition) is 1. The van der Waals surface area contributed by atoms with E-state index in [0.29, 0.717) is 12.0 Å². The van der Waals surface area contributed by atoms with Crippen LogP contribution in [0.3, 0.4) is 0 Å². The van der Waals surface area contributed by atoms with Gasteiger partial charge in [0.1, 0.15) is 0 Å². The predicted molar refractivity (Wildman–Crippen MR) is 102 cm³/mol. The largest absolute Gasteiger partial charge is 0.378 e. The molecule has 0 radical (unpaired) electrons. The molecule has 0 spiro atoms. The first-order valence-electron chi connectivity index (χ1n) is 9.34. The summed E-state index contributed by atoms with van der Waals surface area (Å²) in [5.41, 5.74) is 7.51. The van der Waals surface area contributed by atoms with Gasteiger partial charge in [-0.1, -0.05) is 30.3 Å². The van der Waals surface area contributed by atoms with Crippen LogP contribution in [-0.2, 0) is 4.74 Å². The van der Waals surface area contributed by atoms with Crippen LogP contribution in [0.2, 0.25) is 0 Å². The summed E-state index contributed by atoms with van der Waals surface area (Å²) >= 11 is 0. The Balaban J connectivity index is 1.50. The molecule has 2 N–H and O–H groups in total. The SMILES string of the molecule is CN1CCN(CCCN=C(N)N2CCOCC2)[C@@H](c2ccccc2)C1. The molecule has 0 saturated carbocycles. The molecule has 0 bridgehead atoms. The minimum Gasteiger partial charge on any atom is -0.378 e. The first-order valence-corrected chi connectivity index (χ1v) is 9.34. The van der Waals surface area contributed by atoms with Gasteiger partial charge in [-0.15, -0.1) is 0 Å². The highest BCUT2D eigenvalue weighted by molar-refractivity contribution is 5.78. The summed E-state index contributed by atoms with van der Waals surface area (Å²) in [6, 6.07) is 11.3. The number of rotatable bonds is 5. The second kappa shape index (κ2) is 9.17. The molecule has 2 heterocycles. The molecule has 1 aromatic rings. The van der Waals surface area contributed by atoms with Crippen molar-refractivity contribution in [3.8, 4) is 0 Å². The topological polar surface area (TPSA) is 57.3 Å². The third-order valence-corrected chi connectivity index (χ3v) is 5.09. The Morgan fingerprint density at radius 3 is 2.68 bits per heavy atom. The Morgan fingerprint density at radius 2 is 1.92 bits per heavy atom. The molecule has 1 aromatic carbocycles. The fourth-order valence-corrected chi connectivity index (χ4v) is 3.58. The molecule has 0 aromatic heterocycles. The van der Waals surface area contributed by atoms with Crippen molar-refractivity contribution in [2.75, 3.05) is 66.1 Å². The highest BCUT2D eigenvalue weighted by atomic mass is 16.5. The zero-order valence-corrected chi connectivity index (χ0v) is 15.3. The molecule has 138 valence electrons. The van der Waals surface area contributed by atoms with E-state index in [2.05, 4.69) is 57.1 Å². The van der Waals surface area contributed by atoms with Crippen molar-refractivity contribution >= 4 is 5.96 Å². The molecule has 2 saturated heterocycles. The average Bonchev–Trinajstić information content (AvgIpc) is 2.67. The fourth-order valence-electron chi connectivity index (χ4n) is 3.58. The molecule has 6 nitrogen and oxygen atoms in total. The van der Waals surface area contributed by atoms with E-state index in [4.69, 9.17) is 10.5 Å². The van der Waals surface area contributed by atoms with E-state index in [1.54, 1.807) is 0 Å². The van der Waals surface area contributed by atoms with Crippen LogP contribution >= 0.6 is 0 Å². The molecule has 0 unspecified atom stereocenters. The standard InChI is InChI=1S/C19H31N5O/c1-22-10-11-23(18(16-22)17-6-3-2-4-7-17)9-5-8-21-19(20)24-12-14-25-15-13-24/h2-4,6-7,18H,5,8-16H2,1H3,(H2,20,21)/t18-/m1/s1. The maximum Gasteiger partial charge on any atom is 0.191 e. The van der Waals surface area contributed by atoms with Crippen molar-refractivity contribution in [3.63, 3.8) is 0 Å². The third kappa shape index (κ3) is 5.17. The van der Waals surface area contributed by atoms with E-state index in [-0.39, 0.29) is 0 Å². The van der Waals surface area contributed by atoms with Gasteiger partial charge in [0.05, 0.1) is 13.2 Å². The van der Waals surface area contributed by atoms with Crippen molar-refractivity contribution in [1.29, 1.82) is 0 Å². The van der Waals surface area contributed by atoms with E-state index in [1.165, 1.54) is 5.56 Å². The maximum absolute atomic E-state index is 6.10. The molecular formula is C19H31N5O. The molecule has 6 heteroatoms. The van der Waals surface area contributed by atoms with Crippen LogP contribution in [0.4, 0.5) is 0 Å². The van der Waals surface area contributed by atoms with Gasteiger partial charge in [0.15, 0.2) is 5.96 Å². The van der Waals surface area contributed by atoms with Gasteiger partial charge in [0.25, 0.3) is 0 Å². The number of nitrogens with zero attached hydrogens (tertiary/aromatic N) is 4. The van der Waals surface area contributed by atoms with Crippen LogP contribution in [0.15, 0.2) is 35.3 Å². The van der Waals surface area contributed by atoms with E-state index < -0.39 is 0 Å². The second-order valence-electron chi connectivity index (χ2n) is 6.92. The first-order chi connectivity index (χ1) is 12.2.